The van der Waals surface area contributed by atoms with E-state index >= 15 is 0 Å². The quantitative estimate of drug-likeness (QED) is 0.103. The third kappa shape index (κ3) is 12.6. The summed E-state index contributed by atoms with van der Waals surface area (Å²) in [4.78, 5) is 89.8. The summed E-state index contributed by atoms with van der Waals surface area (Å²) in [7, 11) is 0. The number of aliphatic hydroxyl groups is 1. The third-order valence-electron chi connectivity index (χ3n) is 7.22. The van der Waals surface area contributed by atoms with Crippen molar-refractivity contribution >= 4 is 41.5 Å². The van der Waals surface area contributed by atoms with Crippen LogP contribution >= 0.6 is 0 Å². The van der Waals surface area contributed by atoms with Crippen LogP contribution in [0.4, 0.5) is 0 Å². The second-order valence-corrected chi connectivity index (χ2v) is 11.3. The highest BCUT2D eigenvalue weighted by atomic mass is 16.4. The van der Waals surface area contributed by atoms with Crippen LogP contribution in [0.15, 0.2) is 0 Å². The van der Waals surface area contributed by atoms with E-state index in [1.165, 1.54) is 11.8 Å². The van der Waals surface area contributed by atoms with Crippen molar-refractivity contribution < 1.29 is 48.9 Å². The lowest BCUT2D eigenvalue weighted by atomic mass is 10.0. The SMILES string of the molecule is CCC(CC)C(=O)N[C@H](C(=O)N[C@@H](CC(=O)N1CCCC1)C(=O)N[C@@H](CC(=O)O)C(=O)N[C@@H](CC(C)C)C(=O)O)[C@@H](C)O. The van der Waals surface area contributed by atoms with Gasteiger partial charge < -0.3 is 41.5 Å². The Hall–Kier alpha value is -3.75. The molecule has 0 aromatic heterocycles. The minimum Gasteiger partial charge on any atom is -0.481 e. The Morgan fingerprint density at radius 1 is 0.698 bits per heavy atom. The van der Waals surface area contributed by atoms with Crippen molar-refractivity contribution in [3.63, 3.8) is 0 Å². The lowest BCUT2D eigenvalue weighted by Crippen LogP contribution is -2.60. The van der Waals surface area contributed by atoms with Crippen LogP contribution in [0.5, 0.6) is 0 Å². The number of nitrogens with one attached hydrogen (secondary N) is 4. The number of hydrogen-bond donors (Lipinski definition) is 7. The number of carbonyl (C=O) groups is 7. The molecule has 15 heteroatoms. The molecule has 5 amide bonds. The summed E-state index contributed by atoms with van der Waals surface area (Å²) in [5, 5.41) is 38.4. The number of amides is 5. The summed E-state index contributed by atoms with van der Waals surface area (Å²) >= 11 is 0. The molecule has 244 valence electrons. The number of carboxylic acids is 2. The predicted molar refractivity (Wildman–Crippen MR) is 153 cm³/mol. The summed E-state index contributed by atoms with van der Waals surface area (Å²) in [5.74, 6) is -7.43. The molecule has 1 rings (SSSR count). The van der Waals surface area contributed by atoms with E-state index in [9.17, 15) is 48.9 Å². The molecular weight excluding hydrogens is 566 g/mol. The first-order chi connectivity index (χ1) is 20.1. The maximum Gasteiger partial charge on any atom is 0.326 e. The van der Waals surface area contributed by atoms with Gasteiger partial charge in [-0.25, -0.2) is 4.79 Å². The van der Waals surface area contributed by atoms with Crippen LogP contribution < -0.4 is 21.3 Å². The first kappa shape index (κ1) is 37.3. The van der Waals surface area contributed by atoms with Crippen LogP contribution in [0.2, 0.25) is 0 Å². The van der Waals surface area contributed by atoms with Gasteiger partial charge in [0.15, 0.2) is 0 Å². The summed E-state index contributed by atoms with van der Waals surface area (Å²) in [5.41, 5.74) is 0. The summed E-state index contributed by atoms with van der Waals surface area (Å²) in [6, 6.07) is -6.17. The van der Waals surface area contributed by atoms with Crippen molar-refractivity contribution in [2.24, 2.45) is 11.8 Å². The van der Waals surface area contributed by atoms with Crippen molar-refractivity contribution in [2.75, 3.05) is 13.1 Å². The molecule has 0 aromatic rings. The highest BCUT2D eigenvalue weighted by Crippen LogP contribution is 2.12. The van der Waals surface area contributed by atoms with Crippen LogP contribution in [-0.4, -0.2) is 105 Å². The van der Waals surface area contributed by atoms with E-state index in [2.05, 4.69) is 21.3 Å². The Morgan fingerprint density at radius 3 is 1.63 bits per heavy atom. The van der Waals surface area contributed by atoms with E-state index < -0.39 is 90.5 Å². The molecule has 1 heterocycles. The van der Waals surface area contributed by atoms with Crippen LogP contribution in [0, 0.1) is 11.8 Å². The fourth-order valence-electron chi connectivity index (χ4n) is 4.70. The first-order valence-corrected chi connectivity index (χ1v) is 14.7. The zero-order valence-electron chi connectivity index (χ0n) is 25.6. The zero-order valence-corrected chi connectivity index (χ0v) is 25.6. The van der Waals surface area contributed by atoms with Crippen molar-refractivity contribution in [2.45, 2.75) is 110 Å². The molecule has 0 aliphatic carbocycles. The molecule has 1 aliphatic rings. The molecule has 43 heavy (non-hydrogen) atoms. The van der Waals surface area contributed by atoms with E-state index in [0.717, 1.165) is 12.8 Å². The Morgan fingerprint density at radius 2 is 1.19 bits per heavy atom. The van der Waals surface area contributed by atoms with Gasteiger partial charge in [0.05, 0.1) is 18.9 Å². The minimum atomic E-state index is -1.73. The van der Waals surface area contributed by atoms with Gasteiger partial charge in [-0.1, -0.05) is 27.7 Å². The van der Waals surface area contributed by atoms with Gasteiger partial charge in [0.25, 0.3) is 0 Å². The fraction of sp³-hybridized carbons (Fsp3) is 0.750. The van der Waals surface area contributed by atoms with Crippen molar-refractivity contribution in [3.05, 3.63) is 0 Å². The number of likely N-dealkylation sites (tertiary alicyclic amines) is 1. The molecule has 0 spiro atoms. The average Bonchev–Trinajstić information content (AvgIpc) is 3.45. The van der Waals surface area contributed by atoms with Crippen LogP contribution in [0.1, 0.15) is 79.6 Å². The number of nitrogens with zero attached hydrogens (tertiary/aromatic N) is 1. The Kier molecular flexibility index (Phi) is 15.6. The second kappa shape index (κ2) is 18.0. The number of carbonyl (C=O) groups excluding carboxylic acids is 5. The Balaban J connectivity index is 3.25. The van der Waals surface area contributed by atoms with E-state index in [0.29, 0.717) is 25.9 Å². The van der Waals surface area contributed by atoms with Gasteiger partial charge in [-0.2, -0.15) is 0 Å². The van der Waals surface area contributed by atoms with E-state index in [4.69, 9.17) is 0 Å². The number of hydrogen-bond acceptors (Lipinski definition) is 8. The Bertz CT molecular complexity index is 1010. The summed E-state index contributed by atoms with van der Waals surface area (Å²) < 4.78 is 0. The normalized spacial score (nSPS) is 16.5. The van der Waals surface area contributed by atoms with E-state index in [-0.39, 0.29) is 12.3 Å². The summed E-state index contributed by atoms with van der Waals surface area (Å²) in [6.07, 6.45) is -0.313. The zero-order chi connectivity index (χ0) is 32.9. The molecule has 0 bridgehead atoms. The molecule has 7 N–H and O–H groups in total. The maximum atomic E-state index is 13.4. The van der Waals surface area contributed by atoms with Gasteiger partial charge in [-0.15, -0.1) is 0 Å². The molecule has 0 saturated carbocycles. The summed E-state index contributed by atoms with van der Waals surface area (Å²) in [6.45, 7) is 9.21. The Labute approximate surface area is 251 Å². The van der Waals surface area contributed by atoms with Gasteiger partial charge in [0, 0.05) is 19.0 Å². The molecule has 1 saturated heterocycles. The van der Waals surface area contributed by atoms with E-state index in [1.807, 2.05) is 0 Å². The molecule has 1 fully saturated rings. The third-order valence-corrected chi connectivity index (χ3v) is 7.22. The van der Waals surface area contributed by atoms with Crippen molar-refractivity contribution in [1.29, 1.82) is 0 Å². The highest BCUT2D eigenvalue weighted by Gasteiger charge is 2.36. The second-order valence-electron chi connectivity index (χ2n) is 11.3. The number of aliphatic carboxylic acids is 2. The largest absolute Gasteiger partial charge is 0.481 e. The molecular formula is C28H47N5O10. The van der Waals surface area contributed by atoms with Gasteiger partial charge >= 0.3 is 11.9 Å². The van der Waals surface area contributed by atoms with Crippen LogP contribution in [0.25, 0.3) is 0 Å². The number of carboxylic acid groups (broad SMARTS) is 2. The maximum absolute atomic E-state index is 13.4. The molecule has 0 aromatic carbocycles. The molecule has 1 aliphatic heterocycles. The van der Waals surface area contributed by atoms with Gasteiger partial charge in [-0.05, 0) is 44.9 Å². The monoisotopic (exact) mass is 613 g/mol. The predicted octanol–water partition coefficient (Wildman–Crippen LogP) is -0.639. The molecule has 15 nitrogen and oxygen atoms in total. The van der Waals surface area contributed by atoms with Crippen molar-refractivity contribution in [1.82, 2.24) is 26.2 Å². The topological polar surface area (TPSA) is 232 Å². The van der Waals surface area contributed by atoms with Crippen molar-refractivity contribution in [3.8, 4) is 0 Å². The lowest BCUT2D eigenvalue weighted by Gasteiger charge is -2.28. The van der Waals surface area contributed by atoms with Crippen LogP contribution in [-0.2, 0) is 33.6 Å². The molecule has 0 radical (unpaired) electrons. The smallest absolute Gasteiger partial charge is 0.326 e. The number of aliphatic hydroxyl groups excluding tert-OH is 1. The van der Waals surface area contributed by atoms with Gasteiger partial charge in [-0.3, -0.25) is 28.8 Å². The highest BCUT2D eigenvalue weighted by molar-refractivity contribution is 5.98. The molecule has 0 unspecified atom stereocenters. The van der Waals surface area contributed by atoms with Gasteiger partial charge in [0.2, 0.25) is 29.5 Å². The van der Waals surface area contributed by atoms with E-state index in [1.54, 1.807) is 27.7 Å². The van der Waals surface area contributed by atoms with Gasteiger partial charge in [0.1, 0.15) is 24.2 Å². The number of rotatable bonds is 18. The minimum absolute atomic E-state index is 0.0429. The molecule has 5 atom stereocenters. The standard InChI is InChI=1S/C28H47N5O10/c1-6-17(7-2)24(38)32-23(16(5)34)27(41)30-18(13-21(35)33-10-8-9-11-33)25(39)29-19(14-22(36)37)26(40)31-20(28(42)43)12-15(3)4/h15-20,23,34H,6-14H2,1-5H3,(H,29,39)(H,30,41)(H,31,40)(H,32,38)(H,36,37)(H,42,43)/t16-,18+,19+,20+,23+/m1/s1. The lowest BCUT2D eigenvalue weighted by molar-refractivity contribution is -0.144. The van der Waals surface area contributed by atoms with Crippen LogP contribution in [0.3, 0.4) is 0 Å². The average molecular weight is 614 g/mol. The fourth-order valence-corrected chi connectivity index (χ4v) is 4.70. The first-order valence-electron chi connectivity index (χ1n) is 14.7.